The van der Waals surface area contributed by atoms with Gasteiger partial charge in [-0.15, -0.1) is 0 Å². The first-order valence-electron chi connectivity index (χ1n) is 6.44. The summed E-state index contributed by atoms with van der Waals surface area (Å²) in [6.45, 7) is 4.86. The molecule has 5 nitrogen and oxygen atoms in total. The van der Waals surface area contributed by atoms with Gasteiger partial charge >= 0.3 is 0 Å². The molecule has 0 fully saturated rings. The normalized spacial score (nSPS) is 14.5. The lowest BCUT2D eigenvalue weighted by atomic mass is 10.1. The molecular formula is C13H24N2O3. The number of hydrogen-bond donors (Lipinski definition) is 1. The fourth-order valence-electron chi connectivity index (χ4n) is 1.91. The molecule has 0 saturated heterocycles. The van der Waals surface area contributed by atoms with Gasteiger partial charge in [0.1, 0.15) is 5.69 Å². The van der Waals surface area contributed by atoms with Crippen molar-refractivity contribution in [3.05, 3.63) is 11.9 Å². The molecule has 104 valence electrons. The summed E-state index contributed by atoms with van der Waals surface area (Å²) in [6.07, 6.45) is 3.66. The van der Waals surface area contributed by atoms with Gasteiger partial charge in [-0.2, -0.15) is 5.10 Å². The quantitative estimate of drug-likeness (QED) is 0.774. The second-order valence-corrected chi connectivity index (χ2v) is 4.46. The molecular weight excluding hydrogens is 232 g/mol. The van der Waals surface area contributed by atoms with Crippen molar-refractivity contribution in [3.8, 4) is 5.75 Å². The van der Waals surface area contributed by atoms with Crippen LogP contribution in [0.15, 0.2) is 6.20 Å². The Hall–Kier alpha value is -1.07. The SMILES string of the molecule is CCCn1ncc(OC)c1C(O)CCC(C)OC. The summed E-state index contributed by atoms with van der Waals surface area (Å²) in [5, 5.41) is 14.5. The van der Waals surface area contributed by atoms with Crippen LogP contribution in [0.4, 0.5) is 0 Å². The molecule has 0 spiro atoms. The molecule has 5 heteroatoms. The summed E-state index contributed by atoms with van der Waals surface area (Å²) in [5.74, 6) is 0.654. The Labute approximate surface area is 109 Å². The molecule has 0 amide bonds. The molecule has 2 atom stereocenters. The molecule has 0 saturated carbocycles. The Morgan fingerprint density at radius 2 is 2.11 bits per heavy atom. The number of aliphatic hydroxyl groups is 1. The van der Waals surface area contributed by atoms with Crippen molar-refractivity contribution < 1.29 is 14.6 Å². The van der Waals surface area contributed by atoms with Crippen molar-refractivity contribution in [2.24, 2.45) is 0 Å². The van der Waals surface area contributed by atoms with Crippen molar-refractivity contribution in [3.63, 3.8) is 0 Å². The minimum atomic E-state index is -0.563. The van der Waals surface area contributed by atoms with Gasteiger partial charge in [0.05, 0.1) is 25.5 Å². The zero-order valence-electron chi connectivity index (χ0n) is 11.7. The molecule has 18 heavy (non-hydrogen) atoms. The van der Waals surface area contributed by atoms with Crippen LogP contribution in [0.25, 0.3) is 0 Å². The average molecular weight is 256 g/mol. The maximum atomic E-state index is 10.3. The minimum Gasteiger partial charge on any atom is -0.493 e. The molecule has 0 aliphatic carbocycles. The standard InChI is InChI=1S/C13H24N2O3/c1-5-8-15-13(12(18-4)9-14-15)11(16)7-6-10(2)17-3/h9-11,16H,5-8H2,1-4H3. The van der Waals surface area contributed by atoms with Crippen molar-refractivity contribution >= 4 is 0 Å². The highest BCUT2D eigenvalue weighted by atomic mass is 16.5. The van der Waals surface area contributed by atoms with Crippen LogP contribution in [0.1, 0.15) is 44.9 Å². The number of aromatic nitrogens is 2. The fraction of sp³-hybridized carbons (Fsp3) is 0.769. The van der Waals surface area contributed by atoms with Crippen LogP contribution < -0.4 is 4.74 Å². The van der Waals surface area contributed by atoms with Crippen LogP contribution in [0.5, 0.6) is 5.75 Å². The Bertz CT molecular complexity index is 352. The van der Waals surface area contributed by atoms with Gasteiger partial charge in [-0.3, -0.25) is 4.68 Å². The number of nitrogens with zero attached hydrogens (tertiary/aromatic N) is 2. The smallest absolute Gasteiger partial charge is 0.162 e. The summed E-state index contributed by atoms with van der Waals surface area (Å²) < 4.78 is 12.3. The zero-order chi connectivity index (χ0) is 13.5. The van der Waals surface area contributed by atoms with E-state index in [4.69, 9.17) is 9.47 Å². The molecule has 0 aliphatic heterocycles. The summed E-state index contributed by atoms with van der Waals surface area (Å²) in [4.78, 5) is 0. The summed E-state index contributed by atoms with van der Waals surface area (Å²) >= 11 is 0. The highest BCUT2D eigenvalue weighted by Gasteiger charge is 2.20. The largest absolute Gasteiger partial charge is 0.493 e. The summed E-state index contributed by atoms with van der Waals surface area (Å²) in [5.41, 5.74) is 0.766. The molecule has 1 aromatic heterocycles. The topological polar surface area (TPSA) is 56.5 Å². The first-order valence-corrected chi connectivity index (χ1v) is 6.44. The molecule has 0 aromatic carbocycles. The maximum Gasteiger partial charge on any atom is 0.162 e. The third kappa shape index (κ3) is 3.71. The highest BCUT2D eigenvalue weighted by molar-refractivity contribution is 5.27. The third-order valence-corrected chi connectivity index (χ3v) is 3.06. The number of hydrogen-bond acceptors (Lipinski definition) is 4. The van der Waals surface area contributed by atoms with Gasteiger partial charge in [0.25, 0.3) is 0 Å². The lowest BCUT2D eigenvalue weighted by Crippen LogP contribution is -2.13. The monoisotopic (exact) mass is 256 g/mol. The van der Waals surface area contributed by atoms with Gasteiger partial charge < -0.3 is 14.6 Å². The van der Waals surface area contributed by atoms with E-state index >= 15 is 0 Å². The lowest BCUT2D eigenvalue weighted by Gasteiger charge is -2.16. The van der Waals surface area contributed by atoms with Crippen molar-refractivity contribution in [2.45, 2.75) is 51.9 Å². The van der Waals surface area contributed by atoms with Crippen molar-refractivity contribution in [2.75, 3.05) is 14.2 Å². The van der Waals surface area contributed by atoms with E-state index < -0.39 is 6.10 Å². The van der Waals surface area contributed by atoms with Crippen LogP contribution in [-0.4, -0.2) is 35.2 Å². The summed E-state index contributed by atoms with van der Waals surface area (Å²) in [6, 6.07) is 0. The third-order valence-electron chi connectivity index (χ3n) is 3.06. The minimum absolute atomic E-state index is 0.146. The highest BCUT2D eigenvalue weighted by Crippen LogP contribution is 2.28. The number of ether oxygens (including phenoxy) is 2. The average Bonchev–Trinajstić information content (AvgIpc) is 2.78. The Morgan fingerprint density at radius 1 is 1.39 bits per heavy atom. The van der Waals surface area contributed by atoms with Crippen molar-refractivity contribution in [1.29, 1.82) is 0 Å². The van der Waals surface area contributed by atoms with Crippen LogP contribution in [0, 0.1) is 0 Å². The van der Waals surface area contributed by atoms with Crippen molar-refractivity contribution in [1.82, 2.24) is 9.78 Å². The molecule has 2 unspecified atom stereocenters. The molecule has 0 aliphatic rings. The Balaban J connectivity index is 2.75. The molecule has 1 aromatic rings. The van der Waals surface area contributed by atoms with E-state index in [-0.39, 0.29) is 6.10 Å². The van der Waals surface area contributed by atoms with Gasteiger partial charge in [0, 0.05) is 13.7 Å². The predicted molar refractivity (Wildman–Crippen MR) is 69.7 cm³/mol. The van der Waals surface area contributed by atoms with E-state index in [0.29, 0.717) is 12.2 Å². The van der Waals surface area contributed by atoms with Gasteiger partial charge in [-0.1, -0.05) is 6.92 Å². The Kier molecular flexibility index (Phi) is 6.15. The van der Waals surface area contributed by atoms with E-state index in [1.54, 1.807) is 20.4 Å². The van der Waals surface area contributed by atoms with E-state index in [2.05, 4.69) is 12.0 Å². The van der Waals surface area contributed by atoms with Gasteiger partial charge in [0.2, 0.25) is 0 Å². The first kappa shape index (κ1) is 15.0. The van der Waals surface area contributed by atoms with Crippen LogP contribution >= 0.6 is 0 Å². The second kappa shape index (κ2) is 7.38. The molecule has 0 radical (unpaired) electrons. The van der Waals surface area contributed by atoms with E-state index in [1.807, 2.05) is 11.6 Å². The van der Waals surface area contributed by atoms with E-state index in [9.17, 15) is 5.11 Å². The predicted octanol–water partition coefficient (Wildman–Crippen LogP) is 2.15. The molecule has 1 N–H and O–H groups in total. The number of aryl methyl sites for hydroxylation is 1. The maximum absolute atomic E-state index is 10.3. The van der Waals surface area contributed by atoms with Gasteiger partial charge in [0.15, 0.2) is 5.75 Å². The number of methoxy groups -OCH3 is 2. The first-order chi connectivity index (χ1) is 8.63. The lowest BCUT2D eigenvalue weighted by molar-refractivity contribution is 0.0815. The van der Waals surface area contributed by atoms with Crippen LogP contribution in [-0.2, 0) is 11.3 Å². The molecule has 0 bridgehead atoms. The molecule has 1 heterocycles. The fourth-order valence-corrected chi connectivity index (χ4v) is 1.91. The van der Waals surface area contributed by atoms with Crippen LogP contribution in [0.3, 0.4) is 0 Å². The Morgan fingerprint density at radius 3 is 2.67 bits per heavy atom. The van der Waals surface area contributed by atoms with Crippen LogP contribution in [0.2, 0.25) is 0 Å². The van der Waals surface area contributed by atoms with Gasteiger partial charge in [-0.25, -0.2) is 0 Å². The van der Waals surface area contributed by atoms with E-state index in [1.165, 1.54) is 0 Å². The van der Waals surface area contributed by atoms with Gasteiger partial charge in [-0.05, 0) is 26.2 Å². The molecule has 1 rings (SSSR count). The van der Waals surface area contributed by atoms with E-state index in [0.717, 1.165) is 25.1 Å². The zero-order valence-corrected chi connectivity index (χ0v) is 11.7. The second-order valence-electron chi connectivity index (χ2n) is 4.46. The summed E-state index contributed by atoms with van der Waals surface area (Å²) in [7, 11) is 3.28. The number of aliphatic hydroxyl groups excluding tert-OH is 1. The number of rotatable bonds is 8.